The molecular weight excluding hydrogens is 284 g/mol. The molecule has 0 amide bonds. The Morgan fingerprint density at radius 2 is 1.71 bits per heavy atom. The number of carbonyl (C=O) groups is 3. The van der Waals surface area contributed by atoms with Gasteiger partial charge in [-0.3, -0.25) is 9.59 Å². The van der Waals surface area contributed by atoms with Crippen molar-refractivity contribution in [3.8, 4) is 0 Å². The topological polar surface area (TPSA) is 51.2 Å². The summed E-state index contributed by atoms with van der Waals surface area (Å²) in [4.78, 5) is 33.0. The minimum Gasteiger partial charge on any atom is -0.303 e. The normalized spacial score (nSPS) is 9.94. The lowest BCUT2D eigenvalue weighted by molar-refractivity contribution is -0.120. The summed E-state index contributed by atoms with van der Waals surface area (Å²) in [6, 6.07) is 7.04. The Kier molecular flexibility index (Phi) is 5.77. The summed E-state index contributed by atoms with van der Waals surface area (Å²) in [6.45, 7) is 0. The Morgan fingerprint density at radius 3 is 2.29 bits per heavy atom. The van der Waals surface area contributed by atoms with Crippen LogP contribution in [0.5, 0.6) is 0 Å². The van der Waals surface area contributed by atoms with Crippen LogP contribution in [0.3, 0.4) is 0 Å². The van der Waals surface area contributed by atoms with Gasteiger partial charge in [-0.25, -0.2) is 0 Å². The van der Waals surface area contributed by atoms with Crippen LogP contribution in [-0.2, 0) is 9.59 Å². The first-order chi connectivity index (χ1) is 8.13. The van der Waals surface area contributed by atoms with Gasteiger partial charge in [0.15, 0.2) is 5.78 Å². The van der Waals surface area contributed by atoms with Crippen molar-refractivity contribution in [3.05, 3.63) is 34.3 Å². The molecule has 1 aromatic rings. The van der Waals surface area contributed by atoms with Crippen molar-refractivity contribution in [2.45, 2.75) is 25.7 Å². The van der Waals surface area contributed by atoms with Crippen LogP contribution < -0.4 is 0 Å². The summed E-state index contributed by atoms with van der Waals surface area (Å²) >= 11 is 3.29. The van der Waals surface area contributed by atoms with E-state index in [0.717, 1.165) is 4.47 Å². The van der Waals surface area contributed by atoms with E-state index in [1.54, 1.807) is 24.3 Å². The Balaban J connectivity index is 2.42. The van der Waals surface area contributed by atoms with Crippen LogP contribution in [0.15, 0.2) is 28.7 Å². The van der Waals surface area contributed by atoms with Crippen molar-refractivity contribution in [1.82, 2.24) is 0 Å². The minimum atomic E-state index is -0.0445. The third-order valence-corrected chi connectivity index (χ3v) is 2.87. The number of Topliss-reactive ketones (excluding diaryl/α,β-unsaturated/α-hetero) is 2. The fourth-order valence-corrected chi connectivity index (χ4v) is 1.64. The van der Waals surface area contributed by atoms with Gasteiger partial charge in [-0.1, -0.05) is 28.1 Å². The molecule has 0 aliphatic heterocycles. The van der Waals surface area contributed by atoms with Gasteiger partial charge in [0.2, 0.25) is 0 Å². The third-order valence-electron chi connectivity index (χ3n) is 2.34. The monoisotopic (exact) mass is 296 g/mol. The molecule has 0 heterocycles. The van der Waals surface area contributed by atoms with E-state index in [0.29, 0.717) is 11.8 Å². The molecule has 90 valence electrons. The largest absolute Gasteiger partial charge is 0.303 e. The smallest absolute Gasteiger partial charge is 0.163 e. The second-order valence-electron chi connectivity index (χ2n) is 3.67. The van der Waals surface area contributed by atoms with Crippen molar-refractivity contribution < 1.29 is 14.4 Å². The SMILES string of the molecule is O=CCCC(=O)CCC(=O)c1ccc(Br)cc1. The van der Waals surface area contributed by atoms with Crippen LogP contribution in [0, 0.1) is 0 Å². The third kappa shape index (κ3) is 5.04. The number of hydrogen-bond acceptors (Lipinski definition) is 3. The standard InChI is InChI=1S/C13H13BrO3/c14-11-5-3-10(4-6-11)13(17)8-7-12(16)2-1-9-15/h3-6,9H,1-2,7-8H2. The van der Waals surface area contributed by atoms with Crippen LogP contribution in [-0.4, -0.2) is 17.9 Å². The van der Waals surface area contributed by atoms with Gasteiger partial charge in [0.25, 0.3) is 0 Å². The average molecular weight is 297 g/mol. The molecule has 1 aromatic carbocycles. The van der Waals surface area contributed by atoms with Crippen LogP contribution in [0.2, 0.25) is 0 Å². The van der Waals surface area contributed by atoms with Gasteiger partial charge in [-0.15, -0.1) is 0 Å². The molecule has 0 spiro atoms. The average Bonchev–Trinajstić information content (AvgIpc) is 2.34. The number of benzene rings is 1. The molecule has 0 aliphatic rings. The molecule has 0 saturated heterocycles. The quantitative estimate of drug-likeness (QED) is 0.574. The highest BCUT2D eigenvalue weighted by Gasteiger charge is 2.08. The fraction of sp³-hybridized carbons (Fsp3) is 0.308. The van der Waals surface area contributed by atoms with E-state index in [-0.39, 0.29) is 37.2 Å². The predicted octanol–water partition coefficient (Wildman–Crippen LogP) is 2.96. The Morgan fingerprint density at radius 1 is 1.06 bits per heavy atom. The number of hydrogen-bond donors (Lipinski definition) is 0. The Bertz CT molecular complexity index is 409. The van der Waals surface area contributed by atoms with Gasteiger partial charge in [0.05, 0.1) is 0 Å². The molecule has 3 nitrogen and oxygen atoms in total. The van der Waals surface area contributed by atoms with Gasteiger partial charge < -0.3 is 4.79 Å². The molecule has 1 rings (SSSR count). The van der Waals surface area contributed by atoms with Crippen molar-refractivity contribution in [3.63, 3.8) is 0 Å². The number of rotatable bonds is 7. The molecule has 0 N–H and O–H groups in total. The highest BCUT2D eigenvalue weighted by atomic mass is 79.9. The summed E-state index contributed by atoms with van der Waals surface area (Å²) in [7, 11) is 0. The highest BCUT2D eigenvalue weighted by Crippen LogP contribution is 2.13. The van der Waals surface area contributed by atoms with Crippen molar-refractivity contribution in [2.24, 2.45) is 0 Å². The molecule has 4 heteroatoms. The van der Waals surface area contributed by atoms with E-state index < -0.39 is 0 Å². The van der Waals surface area contributed by atoms with Gasteiger partial charge in [-0.2, -0.15) is 0 Å². The zero-order chi connectivity index (χ0) is 12.7. The van der Waals surface area contributed by atoms with E-state index in [9.17, 15) is 14.4 Å². The van der Waals surface area contributed by atoms with Crippen molar-refractivity contribution >= 4 is 33.8 Å². The number of halogens is 1. The summed E-state index contributed by atoms with van der Waals surface area (Å²) in [5.41, 5.74) is 0.608. The lowest BCUT2D eigenvalue weighted by Gasteiger charge is -2.00. The maximum atomic E-state index is 11.7. The van der Waals surface area contributed by atoms with Crippen molar-refractivity contribution in [2.75, 3.05) is 0 Å². The predicted molar refractivity (Wildman–Crippen MR) is 68.0 cm³/mol. The van der Waals surface area contributed by atoms with Crippen LogP contribution in [0.25, 0.3) is 0 Å². The molecule has 0 bridgehead atoms. The zero-order valence-corrected chi connectivity index (χ0v) is 10.9. The molecule has 0 atom stereocenters. The van der Waals surface area contributed by atoms with Crippen LogP contribution >= 0.6 is 15.9 Å². The fourth-order valence-electron chi connectivity index (χ4n) is 1.38. The summed E-state index contributed by atoms with van der Waals surface area (Å²) in [5.74, 6) is -0.0838. The Hall–Kier alpha value is -1.29. The molecule has 0 saturated carbocycles. The second-order valence-corrected chi connectivity index (χ2v) is 4.59. The first kappa shape index (κ1) is 13.8. The molecule has 17 heavy (non-hydrogen) atoms. The number of ketones is 2. The first-order valence-electron chi connectivity index (χ1n) is 5.37. The summed E-state index contributed by atoms with van der Waals surface area (Å²) in [6.07, 6.45) is 1.61. The Labute approximate surface area is 108 Å². The lowest BCUT2D eigenvalue weighted by Crippen LogP contribution is -2.04. The first-order valence-corrected chi connectivity index (χ1v) is 6.17. The second kappa shape index (κ2) is 7.12. The van der Waals surface area contributed by atoms with E-state index in [1.165, 1.54) is 0 Å². The molecule has 0 fully saturated rings. The van der Waals surface area contributed by atoms with Gasteiger partial charge in [0, 0.05) is 35.7 Å². The van der Waals surface area contributed by atoms with Crippen LogP contribution in [0.4, 0.5) is 0 Å². The highest BCUT2D eigenvalue weighted by molar-refractivity contribution is 9.10. The molecule has 0 aliphatic carbocycles. The van der Waals surface area contributed by atoms with Gasteiger partial charge in [0.1, 0.15) is 12.1 Å². The van der Waals surface area contributed by atoms with E-state index >= 15 is 0 Å². The van der Waals surface area contributed by atoms with E-state index in [2.05, 4.69) is 15.9 Å². The van der Waals surface area contributed by atoms with E-state index in [4.69, 9.17) is 0 Å². The van der Waals surface area contributed by atoms with Gasteiger partial charge >= 0.3 is 0 Å². The van der Waals surface area contributed by atoms with E-state index in [1.807, 2.05) is 0 Å². The summed E-state index contributed by atoms with van der Waals surface area (Å²) < 4.78 is 0.913. The lowest BCUT2D eigenvalue weighted by atomic mass is 10.0. The molecule has 0 radical (unpaired) electrons. The zero-order valence-electron chi connectivity index (χ0n) is 9.32. The van der Waals surface area contributed by atoms with Gasteiger partial charge in [-0.05, 0) is 12.1 Å². The minimum absolute atomic E-state index is 0.0393. The summed E-state index contributed by atoms with van der Waals surface area (Å²) in [5, 5.41) is 0. The maximum Gasteiger partial charge on any atom is 0.163 e. The molecule has 0 aromatic heterocycles. The van der Waals surface area contributed by atoms with Crippen LogP contribution in [0.1, 0.15) is 36.0 Å². The number of carbonyl (C=O) groups excluding carboxylic acids is 3. The van der Waals surface area contributed by atoms with Crippen molar-refractivity contribution in [1.29, 1.82) is 0 Å². The molecular formula is C13H13BrO3. The molecule has 0 unspecified atom stereocenters. The number of aldehydes is 1. The maximum absolute atomic E-state index is 11.7.